The molecule has 1 N–H and O–H groups in total. The molecule has 0 radical (unpaired) electrons. The van der Waals surface area contributed by atoms with Crippen molar-refractivity contribution in [3.63, 3.8) is 0 Å². The van der Waals surface area contributed by atoms with Gasteiger partial charge in [-0.2, -0.15) is 0 Å². The minimum atomic E-state index is -1.69. The van der Waals surface area contributed by atoms with Crippen LogP contribution in [-0.2, 0) is 16.1 Å². The van der Waals surface area contributed by atoms with Crippen molar-refractivity contribution in [1.82, 2.24) is 5.32 Å². The molecule has 0 aromatic heterocycles. The van der Waals surface area contributed by atoms with Crippen LogP contribution in [0.25, 0.3) is 0 Å². The third-order valence-corrected chi connectivity index (χ3v) is 3.72. The van der Waals surface area contributed by atoms with Crippen molar-refractivity contribution in [2.45, 2.75) is 20.4 Å². The van der Waals surface area contributed by atoms with Gasteiger partial charge in [0, 0.05) is 13.5 Å². The van der Waals surface area contributed by atoms with Crippen LogP contribution in [0.1, 0.15) is 18.1 Å². The number of carbonyl (C=O) groups excluding carboxylic acids is 2. The van der Waals surface area contributed by atoms with Crippen LogP contribution in [-0.4, -0.2) is 18.4 Å². The van der Waals surface area contributed by atoms with Crippen LogP contribution < -0.4 is 10.2 Å². The van der Waals surface area contributed by atoms with E-state index in [1.165, 1.54) is 0 Å². The van der Waals surface area contributed by atoms with E-state index in [1.54, 1.807) is 0 Å². The number of rotatable bonds is 5. The minimum absolute atomic E-state index is 0.234. The molecule has 0 saturated carbocycles. The van der Waals surface area contributed by atoms with Crippen LogP contribution in [0.5, 0.6) is 0 Å². The number of aryl methyl sites for hydroxylation is 1. The molecule has 0 atom stereocenters. The Morgan fingerprint density at radius 2 is 1.72 bits per heavy atom. The monoisotopic (exact) mass is 350 g/mol. The number of hydrogen-bond acceptors (Lipinski definition) is 2. The van der Waals surface area contributed by atoms with Gasteiger partial charge in [0.2, 0.25) is 11.8 Å². The van der Waals surface area contributed by atoms with Gasteiger partial charge in [0.1, 0.15) is 6.54 Å². The maximum absolute atomic E-state index is 13.9. The van der Waals surface area contributed by atoms with E-state index in [-0.39, 0.29) is 6.54 Å². The summed E-state index contributed by atoms with van der Waals surface area (Å²) >= 11 is 0. The average molecular weight is 350 g/mol. The molecule has 0 aliphatic carbocycles. The Labute approximate surface area is 143 Å². The summed E-state index contributed by atoms with van der Waals surface area (Å²) in [5.74, 6) is -5.79. The van der Waals surface area contributed by atoms with E-state index in [9.17, 15) is 22.8 Å². The standard InChI is InChI=1S/C18H17F3N2O2/c1-11-5-3-4-6-13(11)9-22-16(25)10-23(12(2)24)15-8-7-14(19)17(20)18(15)21/h3-8H,9-10H2,1-2H3,(H,22,25). The van der Waals surface area contributed by atoms with Crippen molar-refractivity contribution in [3.8, 4) is 0 Å². The molecule has 4 nitrogen and oxygen atoms in total. The predicted octanol–water partition coefficient (Wildman–Crippen LogP) is 3.08. The van der Waals surface area contributed by atoms with Gasteiger partial charge in [-0.15, -0.1) is 0 Å². The summed E-state index contributed by atoms with van der Waals surface area (Å²) in [6.07, 6.45) is 0. The molecular weight excluding hydrogens is 333 g/mol. The van der Waals surface area contributed by atoms with Crippen LogP contribution in [0, 0.1) is 24.4 Å². The van der Waals surface area contributed by atoms with Crippen LogP contribution >= 0.6 is 0 Å². The first-order valence-electron chi connectivity index (χ1n) is 7.54. The number of nitrogens with one attached hydrogen (secondary N) is 1. The minimum Gasteiger partial charge on any atom is -0.350 e. The molecule has 0 heterocycles. The zero-order chi connectivity index (χ0) is 18.6. The van der Waals surface area contributed by atoms with E-state index in [0.717, 1.165) is 29.0 Å². The third-order valence-electron chi connectivity index (χ3n) is 3.72. The van der Waals surface area contributed by atoms with Gasteiger partial charge < -0.3 is 10.2 Å². The largest absolute Gasteiger partial charge is 0.350 e. The van der Waals surface area contributed by atoms with E-state index < -0.39 is 41.5 Å². The van der Waals surface area contributed by atoms with E-state index in [4.69, 9.17) is 0 Å². The quantitative estimate of drug-likeness (QED) is 0.843. The number of hydrogen-bond donors (Lipinski definition) is 1. The molecule has 0 aliphatic rings. The highest BCUT2D eigenvalue weighted by atomic mass is 19.2. The molecule has 2 rings (SSSR count). The summed E-state index contributed by atoms with van der Waals surface area (Å²) in [5, 5.41) is 2.62. The highest BCUT2D eigenvalue weighted by molar-refractivity contribution is 5.97. The Morgan fingerprint density at radius 1 is 1.04 bits per heavy atom. The second-order valence-corrected chi connectivity index (χ2v) is 5.50. The van der Waals surface area contributed by atoms with Crippen LogP contribution in [0.15, 0.2) is 36.4 Å². The normalized spacial score (nSPS) is 10.4. The first-order valence-corrected chi connectivity index (χ1v) is 7.54. The van der Waals surface area contributed by atoms with Crippen molar-refractivity contribution in [3.05, 3.63) is 65.0 Å². The molecule has 0 saturated heterocycles. The van der Waals surface area contributed by atoms with E-state index >= 15 is 0 Å². The Kier molecular flexibility index (Phi) is 5.80. The highest BCUT2D eigenvalue weighted by Gasteiger charge is 2.23. The molecule has 0 spiro atoms. The number of amides is 2. The highest BCUT2D eigenvalue weighted by Crippen LogP contribution is 2.23. The smallest absolute Gasteiger partial charge is 0.240 e. The molecule has 0 fully saturated rings. The summed E-state index contributed by atoms with van der Waals surface area (Å²) in [5.41, 5.74) is 1.39. The fourth-order valence-corrected chi connectivity index (χ4v) is 2.29. The lowest BCUT2D eigenvalue weighted by Gasteiger charge is -2.21. The maximum atomic E-state index is 13.9. The summed E-state index contributed by atoms with van der Waals surface area (Å²) in [4.78, 5) is 24.6. The average Bonchev–Trinajstić information content (AvgIpc) is 2.57. The van der Waals surface area contributed by atoms with Gasteiger partial charge in [0.05, 0.1) is 5.69 Å². The second-order valence-electron chi connectivity index (χ2n) is 5.50. The van der Waals surface area contributed by atoms with Gasteiger partial charge in [-0.25, -0.2) is 13.2 Å². The summed E-state index contributed by atoms with van der Waals surface area (Å²) in [6, 6.07) is 9.04. The van der Waals surface area contributed by atoms with Gasteiger partial charge in [-0.05, 0) is 30.2 Å². The third kappa shape index (κ3) is 4.37. The Hall–Kier alpha value is -2.83. The molecule has 2 amide bonds. The maximum Gasteiger partial charge on any atom is 0.240 e. The second kappa shape index (κ2) is 7.83. The van der Waals surface area contributed by atoms with Crippen molar-refractivity contribution >= 4 is 17.5 Å². The van der Waals surface area contributed by atoms with E-state index in [0.29, 0.717) is 6.07 Å². The Morgan fingerprint density at radius 3 is 2.36 bits per heavy atom. The van der Waals surface area contributed by atoms with Crippen LogP contribution in [0.4, 0.5) is 18.9 Å². The summed E-state index contributed by atoms with van der Waals surface area (Å²) in [6.45, 7) is 2.72. The Bertz CT molecular complexity index is 809. The SMILES string of the molecule is CC(=O)N(CC(=O)NCc1ccccc1C)c1ccc(F)c(F)c1F. The molecule has 0 unspecified atom stereocenters. The van der Waals surface area contributed by atoms with Crippen molar-refractivity contribution in [2.24, 2.45) is 0 Å². The predicted molar refractivity (Wildman–Crippen MR) is 87.4 cm³/mol. The molecule has 0 aliphatic heterocycles. The van der Waals surface area contributed by atoms with Crippen molar-refractivity contribution in [1.29, 1.82) is 0 Å². The fraction of sp³-hybridized carbons (Fsp3) is 0.222. The van der Waals surface area contributed by atoms with E-state index in [1.807, 2.05) is 31.2 Å². The molecule has 132 valence electrons. The molecule has 2 aromatic rings. The van der Waals surface area contributed by atoms with Crippen LogP contribution in [0.3, 0.4) is 0 Å². The zero-order valence-electron chi connectivity index (χ0n) is 13.8. The Balaban J connectivity index is 2.12. The van der Waals surface area contributed by atoms with Crippen LogP contribution in [0.2, 0.25) is 0 Å². The van der Waals surface area contributed by atoms with Gasteiger partial charge in [0.15, 0.2) is 17.5 Å². The van der Waals surface area contributed by atoms with E-state index in [2.05, 4.69) is 5.32 Å². The first kappa shape index (κ1) is 18.5. The number of anilines is 1. The van der Waals surface area contributed by atoms with Gasteiger partial charge in [-0.3, -0.25) is 9.59 Å². The molecule has 2 aromatic carbocycles. The molecule has 7 heteroatoms. The lowest BCUT2D eigenvalue weighted by Crippen LogP contribution is -2.40. The number of halogens is 3. The fourth-order valence-electron chi connectivity index (χ4n) is 2.29. The van der Waals surface area contributed by atoms with Crippen molar-refractivity contribution in [2.75, 3.05) is 11.4 Å². The lowest BCUT2D eigenvalue weighted by atomic mass is 10.1. The molecule has 25 heavy (non-hydrogen) atoms. The molecule has 0 bridgehead atoms. The van der Waals surface area contributed by atoms with Gasteiger partial charge in [-0.1, -0.05) is 24.3 Å². The topological polar surface area (TPSA) is 49.4 Å². The number of benzene rings is 2. The van der Waals surface area contributed by atoms with Gasteiger partial charge in [0.25, 0.3) is 0 Å². The lowest BCUT2D eigenvalue weighted by molar-refractivity contribution is -0.123. The number of carbonyl (C=O) groups is 2. The number of nitrogens with zero attached hydrogens (tertiary/aromatic N) is 1. The summed E-state index contributed by atoms with van der Waals surface area (Å²) in [7, 11) is 0. The first-order chi connectivity index (χ1) is 11.8. The molecular formula is C18H17F3N2O2. The zero-order valence-corrected chi connectivity index (χ0v) is 13.8. The van der Waals surface area contributed by atoms with Crippen molar-refractivity contribution < 1.29 is 22.8 Å². The summed E-state index contributed by atoms with van der Waals surface area (Å²) < 4.78 is 40.3. The van der Waals surface area contributed by atoms with Gasteiger partial charge >= 0.3 is 0 Å².